The van der Waals surface area contributed by atoms with E-state index >= 15 is 0 Å². The number of benzene rings is 1. The van der Waals surface area contributed by atoms with E-state index in [-0.39, 0.29) is 0 Å². The van der Waals surface area contributed by atoms with Gasteiger partial charge < -0.3 is 0 Å². The number of rotatable bonds is 5. The molecule has 1 N–H and O–H groups in total. The number of hydrogen-bond donors (Lipinski definition) is 1. The zero-order valence-electron chi connectivity index (χ0n) is 13.9. The summed E-state index contributed by atoms with van der Waals surface area (Å²) in [6.07, 6.45) is 6.30. The molecule has 1 atom stereocenters. The first-order chi connectivity index (χ1) is 12.4. The van der Waals surface area contributed by atoms with E-state index < -0.39 is 0 Å². The van der Waals surface area contributed by atoms with Crippen LogP contribution in [0, 0.1) is 0 Å². The lowest BCUT2D eigenvalue weighted by molar-refractivity contribution is 0.326. The molecule has 0 unspecified atom stereocenters. The van der Waals surface area contributed by atoms with Crippen LogP contribution in [0.2, 0.25) is 0 Å². The van der Waals surface area contributed by atoms with Crippen molar-refractivity contribution in [3.8, 4) is 0 Å². The summed E-state index contributed by atoms with van der Waals surface area (Å²) in [5.41, 5.74) is 2.43. The maximum absolute atomic E-state index is 4.66. The van der Waals surface area contributed by atoms with E-state index in [4.69, 9.17) is 0 Å². The van der Waals surface area contributed by atoms with E-state index in [9.17, 15) is 0 Å². The third-order valence-corrected chi connectivity index (χ3v) is 4.41. The summed E-state index contributed by atoms with van der Waals surface area (Å²) in [7, 11) is 0. The lowest BCUT2D eigenvalue weighted by Gasteiger charge is -2.16. The van der Waals surface area contributed by atoms with Crippen molar-refractivity contribution in [2.45, 2.75) is 18.9 Å². The van der Waals surface area contributed by atoms with E-state index in [0.29, 0.717) is 17.8 Å². The topological polar surface area (TPSA) is 66.8 Å². The second-order valence-electron chi connectivity index (χ2n) is 6.21. The fraction of sp³-hybridized carbons (Fsp3) is 0.263. The molecule has 4 rings (SSSR count). The minimum Gasteiger partial charge on any atom is -0.298 e. The molecule has 6 heteroatoms. The highest BCUT2D eigenvalue weighted by atomic mass is 15.2. The van der Waals surface area contributed by atoms with Crippen LogP contribution in [-0.4, -0.2) is 37.9 Å². The molecule has 0 spiro atoms. The number of hydrogen-bond acceptors (Lipinski definition) is 6. The van der Waals surface area contributed by atoms with Gasteiger partial charge in [-0.15, -0.1) is 0 Å². The van der Waals surface area contributed by atoms with Gasteiger partial charge in [-0.1, -0.05) is 30.3 Å². The third kappa shape index (κ3) is 3.97. The van der Waals surface area contributed by atoms with Gasteiger partial charge in [0.25, 0.3) is 0 Å². The van der Waals surface area contributed by atoms with Gasteiger partial charge in [-0.2, -0.15) is 0 Å². The predicted octanol–water partition coefficient (Wildman–Crippen LogP) is 3.00. The fourth-order valence-corrected chi connectivity index (χ4v) is 3.18. The van der Waals surface area contributed by atoms with Gasteiger partial charge in [0, 0.05) is 37.6 Å². The van der Waals surface area contributed by atoms with Crippen LogP contribution in [0.15, 0.2) is 61.1 Å². The SMILES string of the molecule is c1ccc(CN2CC[C@@H](c3ccnc(Nc4ncccn4)n3)C2)cc1. The standard InChI is InChI=1S/C19H20N6/c1-2-5-15(6-3-1)13-25-12-8-16(14-25)17-7-11-22-19(23-17)24-18-20-9-4-10-21-18/h1-7,9-11,16H,8,12-14H2,(H,20,21,22,23,24)/t16-/m1/s1. The van der Waals surface area contributed by atoms with Crippen LogP contribution >= 0.6 is 0 Å². The molecule has 3 aromatic rings. The summed E-state index contributed by atoms with van der Waals surface area (Å²) in [6, 6.07) is 14.4. The first kappa shape index (κ1) is 15.7. The first-order valence-electron chi connectivity index (χ1n) is 8.50. The zero-order valence-corrected chi connectivity index (χ0v) is 13.9. The van der Waals surface area contributed by atoms with Crippen molar-refractivity contribution in [2.75, 3.05) is 18.4 Å². The molecule has 1 saturated heterocycles. The van der Waals surface area contributed by atoms with Gasteiger partial charge in [0.15, 0.2) is 0 Å². The number of nitrogens with zero attached hydrogens (tertiary/aromatic N) is 5. The van der Waals surface area contributed by atoms with Crippen molar-refractivity contribution in [3.63, 3.8) is 0 Å². The molecule has 2 aromatic heterocycles. The van der Waals surface area contributed by atoms with Crippen molar-refractivity contribution in [1.82, 2.24) is 24.8 Å². The summed E-state index contributed by atoms with van der Waals surface area (Å²) in [5.74, 6) is 1.49. The van der Waals surface area contributed by atoms with E-state index in [2.05, 4.69) is 60.5 Å². The van der Waals surface area contributed by atoms with Gasteiger partial charge in [0.1, 0.15) is 0 Å². The Kier molecular flexibility index (Phi) is 4.61. The summed E-state index contributed by atoms with van der Waals surface area (Å²) in [6.45, 7) is 3.10. The molecule has 0 saturated carbocycles. The third-order valence-electron chi connectivity index (χ3n) is 4.41. The highest BCUT2D eigenvalue weighted by molar-refractivity contribution is 5.41. The van der Waals surface area contributed by atoms with Crippen molar-refractivity contribution in [2.24, 2.45) is 0 Å². The van der Waals surface area contributed by atoms with Crippen molar-refractivity contribution < 1.29 is 0 Å². The average Bonchev–Trinajstić information content (AvgIpc) is 3.12. The molecular weight excluding hydrogens is 312 g/mol. The van der Waals surface area contributed by atoms with Crippen LogP contribution in [0.3, 0.4) is 0 Å². The van der Waals surface area contributed by atoms with Gasteiger partial charge in [0.05, 0.1) is 5.69 Å². The van der Waals surface area contributed by atoms with E-state index in [1.54, 1.807) is 24.7 Å². The molecule has 1 aromatic carbocycles. The Morgan fingerprint density at radius 2 is 1.72 bits per heavy atom. The Labute approximate surface area is 147 Å². The lowest BCUT2D eigenvalue weighted by atomic mass is 10.1. The van der Waals surface area contributed by atoms with Crippen LogP contribution in [0.4, 0.5) is 11.9 Å². The highest BCUT2D eigenvalue weighted by Crippen LogP contribution is 2.27. The second-order valence-corrected chi connectivity index (χ2v) is 6.21. The number of anilines is 2. The molecule has 25 heavy (non-hydrogen) atoms. The number of nitrogens with one attached hydrogen (secondary N) is 1. The van der Waals surface area contributed by atoms with Gasteiger partial charge in [-0.3, -0.25) is 10.2 Å². The van der Waals surface area contributed by atoms with E-state index in [1.807, 2.05) is 6.07 Å². The van der Waals surface area contributed by atoms with Crippen LogP contribution in [0.25, 0.3) is 0 Å². The molecule has 1 aliphatic heterocycles. The quantitative estimate of drug-likeness (QED) is 0.775. The normalized spacial score (nSPS) is 17.5. The monoisotopic (exact) mass is 332 g/mol. The predicted molar refractivity (Wildman–Crippen MR) is 96.4 cm³/mol. The van der Waals surface area contributed by atoms with Crippen molar-refractivity contribution in [3.05, 3.63) is 72.3 Å². The summed E-state index contributed by atoms with van der Waals surface area (Å²) in [4.78, 5) is 19.7. The zero-order chi connectivity index (χ0) is 16.9. The maximum Gasteiger partial charge on any atom is 0.229 e. The van der Waals surface area contributed by atoms with Gasteiger partial charge in [0.2, 0.25) is 11.9 Å². The second kappa shape index (κ2) is 7.36. The Hall–Kier alpha value is -2.86. The highest BCUT2D eigenvalue weighted by Gasteiger charge is 2.25. The molecule has 1 aliphatic rings. The molecule has 126 valence electrons. The lowest BCUT2D eigenvalue weighted by Crippen LogP contribution is -2.20. The smallest absolute Gasteiger partial charge is 0.229 e. The summed E-state index contributed by atoms with van der Waals surface area (Å²) >= 11 is 0. The summed E-state index contributed by atoms with van der Waals surface area (Å²) in [5, 5.41) is 3.06. The molecule has 6 nitrogen and oxygen atoms in total. The van der Waals surface area contributed by atoms with Gasteiger partial charge >= 0.3 is 0 Å². The van der Waals surface area contributed by atoms with Crippen LogP contribution in [0.1, 0.15) is 23.6 Å². The fourth-order valence-electron chi connectivity index (χ4n) is 3.18. The Bertz CT molecular complexity index is 808. The minimum absolute atomic E-state index is 0.434. The largest absolute Gasteiger partial charge is 0.298 e. The van der Waals surface area contributed by atoms with Crippen LogP contribution < -0.4 is 5.32 Å². The van der Waals surface area contributed by atoms with Crippen molar-refractivity contribution in [1.29, 1.82) is 0 Å². The van der Waals surface area contributed by atoms with Gasteiger partial charge in [-0.25, -0.2) is 19.9 Å². The Balaban J connectivity index is 1.41. The Morgan fingerprint density at radius 1 is 0.920 bits per heavy atom. The van der Waals surface area contributed by atoms with Crippen molar-refractivity contribution >= 4 is 11.9 Å². The molecule has 0 radical (unpaired) electrons. The number of aromatic nitrogens is 4. The summed E-state index contributed by atoms with van der Waals surface area (Å²) < 4.78 is 0. The van der Waals surface area contributed by atoms with E-state index in [1.165, 1.54) is 5.56 Å². The van der Waals surface area contributed by atoms with Crippen LogP contribution in [0.5, 0.6) is 0 Å². The average molecular weight is 332 g/mol. The molecule has 0 amide bonds. The maximum atomic E-state index is 4.66. The number of likely N-dealkylation sites (tertiary alicyclic amines) is 1. The molecule has 1 fully saturated rings. The molecule has 3 heterocycles. The minimum atomic E-state index is 0.434. The van der Waals surface area contributed by atoms with Gasteiger partial charge in [-0.05, 0) is 30.7 Å². The van der Waals surface area contributed by atoms with E-state index in [0.717, 1.165) is 31.7 Å². The molecule has 0 aliphatic carbocycles. The molecule has 0 bridgehead atoms. The molecular formula is C19H20N6. The van der Waals surface area contributed by atoms with Crippen LogP contribution in [-0.2, 0) is 6.54 Å². The first-order valence-corrected chi connectivity index (χ1v) is 8.50. The Morgan fingerprint density at radius 3 is 2.56 bits per heavy atom.